The molecule has 1 unspecified atom stereocenters. The van der Waals surface area contributed by atoms with Gasteiger partial charge in [-0.3, -0.25) is 14.5 Å². The Morgan fingerprint density at radius 1 is 1.07 bits per heavy atom. The van der Waals surface area contributed by atoms with E-state index in [9.17, 15) is 27.2 Å². The van der Waals surface area contributed by atoms with Crippen molar-refractivity contribution in [3.05, 3.63) is 65.5 Å². The second-order valence-electron chi connectivity index (χ2n) is 6.67. The van der Waals surface area contributed by atoms with Gasteiger partial charge in [-0.2, -0.15) is 13.2 Å². The van der Waals surface area contributed by atoms with Crippen LogP contribution < -0.4 is 10.6 Å². The summed E-state index contributed by atoms with van der Waals surface area (Å²) in [5.74, 6) is -1.40. The molecule has 0 saturated carbocycles. The molecule has 0 bridgehead atoms. The lowest BCUT2D eigenvalue weighted by Gasteiger charge is -2.26. The fraction of sp³-hybridized carbons (Fsp3) is 0.333. The van der Waals surface area contributed by atoms with E-state index in [0.29, 0.717) is 12.1 Å². The van der Waals surface area contributed by atoms with Crippen LogP contribution in [0.1, 0.15) is 25.0 Å². The van der Waals surface area contributed by atoms with E-state index in [2.05, 4.69) is 10.6 Å². The number of anilines is 1. The third-order valence-corrected chi connectivity index (χ3v) is 4.57. The molecule has 0 fully saturated rings. The molecule has 0 heterocycles. The highest BCUT2D eigenvalue weighted by molar-refractivity contribution is 5.93. The van der Waals surface area contributed by atoms with E-state index in [1.807, 2.05) is 0 Å². The highest BCUT2D eigenvalue weighted by Gasteiger charge is 2.33. The summed E-state index contributed by atoms with van der Waals surface area (Å²) in [5, 5.41) is 4.97. The Kier molecular flexibility index (Phi) is 7.93. The first-order chi connectivity index (χ1) is 14.1. The lowest BCUT2D eigenvalue weighted by atomic mass is 10.1. The van der Waals surface area contributed by atoms with Crippen LogP contribution in [0.3, 0.4) is 0 Å². The molecule has 2 amide bonds. The maximum absolute atomic E-state index is 13.1. The Labute approximate surface area is 172 Å². The van der Waals surface area contributed by atoms with Crippen LogP contribution >= 0.6 is 0 Å². The van der Waals surface area contributed by atoms with Crippen molar-refractivity contribution >= 4 is 17.5 Å². The molecule has 9 heteroatoms. The number of carbonyl (C=O) groups excluding carboxylic acids is 2. The third kappa shape index (κ3) is 6.55. The van der Waals surface area contributed by atoms with Crippen LogP contribution in [0.15, 0.2) is 48.5 Å². The number of likely N-dealkylation sites (N-methyl/N-ethyl adjacent to an activating group) is 1. The SMILES string of the molecule is CCN(CC(=O)Nc1ccccc1C(F)(F)F)C(C)C(=O)NCc1ccc(F)cc1. The summed E-state index contributed by atoms with van der Waals surface area (Å²) in [6, 6.07) is 9.66. The van der Waals surface area contributed by atoms with Crippen LogP contribution in [0, 0.1) is 5.82 Å². The second-order valence-corrected chi connectivity index (χ2v) is 6.67. The molecular weight excluding hydrogens is 402 g/mol. The van der Waals surface area contributed by atoms with Crippen molar-refractivity contribution < 1.29 is 27.2 Å². The normalized spacial score (nSPS) is 12.5. The number of carbonyl (C=O) groups is 2. The third-order valence-electron chi connectivity index (χ3n) is 4.57. The standard InChI is InChI=1S/C21H23F4N3O2/c1-3-28(14(2)20(30)26-12-15-8-10-16(22)11-9-15)13-19(29)27-18-7-5-4-6-17(18)21(23,24)25/h4-11,14H,3,12-13H2,1-2H3,(H,26,30)(H,27,29). The van der Waals surface area contributed by atoms with Gasteiger partial charge in [0.1, 0.15) is 5.82 Å². The number of hydrogen-bond donors (Lipinski definition) is 2. The Bertz CT molecular complexity index is 869. The summed E-state index contributed by atoms with van der Waals surface area (Å²) in [4.78, 5) is 26.2. The van der Waals surface area contributed by atoms with Gasteiger partial charge in [0.2, 0.25) is 11.8 Å². The van der Waals surface area contributed by atoms with Gasteiger partial charge in [0.25, 0.3) is 0 Å². The molecule has 0 aliphatic carbocycles. The molecule has 2 aromatic carbocycles. The fourth-order valence-electron chi connectivity index (χ4n) is 2.84. The van der Waals surface area contributed by atoms with Crippen LogP contribution in [0.25, 0.3) is 0 Å². The van der Waals surface area contributed by atoms with Gasteiger partial charge in [-0.1, -0.05) is 31.2 Å². The fourth-order valence-corrected chi connectivity index (χ4v) is 2.84. The van der Waals surface area contributed by atoms with Gasteiger partial charge in [-0.05, 0) is 43.3 Å². The number of halogens is 4. The first kappa shape index (κ1) is 23.3. The molecule has 0 aromatic heterocycles. The molecule has 0 saturated heterocycles. The van der Waals surface area contributed by atoms with Gasteiger partial charge in [-0.15, -0.1) is 0 Å². The van der Waals surface area contributed by atoms with E-state index < -0.39 is 23.7 Å². The molecule has 162 valence electrons. The van der Waals surface area contributed by atoms with Crippen LogP contribution in [-0.4, -0.2) is 35.8 Å². The topological polar surface area (TPSA) is 61.4 Å². The average molecular weight is 425 g/mol. The Balaban J connectivity index is 1.96. The van der Waals surface area contributed by atoms with Crippen molar-refractivity contribution in [1.82, 2.24) is 10.2 Å². The summed E-state index contributed by atoms with van der Waals surface area (Å²) < 4.78 is 52.2. The highest BCUT2D eigenvalue weighted by Crippen LogP contribution is 2.34. The summed E-state index contributed by atoms with van der Waals surface area (Å²) in [5.41, 5.74) is -0.563. The van der Waals surface area contributed by atoms with E-state index >= 15 is 0 Å². The average Bonchev–Trinajstić information content (AvgIpc) is 2.70. The maximum Gasteiger partial charge on any atom is 0.418 e. The molecule has 0 aliphatic rings. The number of amides is 2. The monoisotopic (exact) mass is 425 g/mol. The molecule has 0 radical (unpaired) electrons. The maximum atomic E-state index is 13.1. The summed E-state index contributed by atoms with van der Waals surface area (Å²) in [7, 11) is 0. The van der Waals surface area contributed by atoms with Gasteiger partial charge >= 0.3 is 6.18 Å². The van der Waals surface area contributed by atoms with E-state index in [1.165, 1.54) is 35.2 Å². The van der Waals surface area contributed by atoms with Gasteiger partial charge in [0.05, 0.1) is 23.8 Å². The van der Waals surface area contributed by atoms with Crippen molar-refractivity contribution in [2.45, 2.75) is 32.6 Å². The first-order valence-corrected chi connectivity index (χ1v) is 9.34. The van der Waals surface area contributed by atoms with E-state index in [0.717, 1.165) is 6.07 Å². The number of rotatable bonds is 8. The minimum Gasteiger partial charge on any atom is -0.351 e. The summed E-state index contributed by atoms with van der Waals surface area (Å²) in [6.45, 7) is 3.60. The molecular formula is C21H23F4N3O2. The van der Waals surface area contributed by atoms with Crippen molar-refractivity contribution in [3.8, 4) is 0 Å². The number of alkyl halides is 3. The Morgan fingerprint density at radius 3 is 2.30 bits per heavy atom. The minimum absolute atomic E-state index is 0.187. The van der Waals surface area contributed by atoms with E-state index in [4.69, 9.17) is 0 Å². The van der Waals surface area contributed by atoms with Crippen LogP contribution in [-0.2, 0) is 22.3 Å². The van der Waals surface area contributed by atoms with E-state index in [1.54, 1.807) is 26.0 Å². The van der Waals surface area contributed by atoms with Gasteiger partial charge in [0.15, 0.2) is 0 Å². The van der Waals surface area contributed by atoms with Crippen LogP contribution in [0.4, 0.5) is 23.2 Å². The molecule has 1 atom stereocenters. The quantitative estimate of drug-likeness (QED) is 0.633. The molecule has 2 N–H and O–H groups in total. The molecule has 2 rings (SSSR count). The van der Waals surface area contributed by atoms with Crippen molar-refractivity contribution in [3.63, 3.8) is 0 Å². The molecule has 2 aromatic rings. The molecule has 0 aliphatic heterocycles. The lowest BCUT2D eigenvalue weighted by molar-refractivity contribution is -0.137. The largest absolute Gasteiger partial charge is 0.418 e. The second kappa shape index (κ2) is 10.2. The van der Waals surface area contributed by atoms with Gasteiger partial charge in [-0.25, -0.2) is 4.39 Å². The van der Waals surface area contributed by atoms with E-state index in [-0.39, 0.29) is 30.5 Å². The molecule has 0 spiro atoms. The Hall–Kier alpha value is -2.94. The number of hydrogen-bond acceptors (Lipinski definition) is 3. The minimum atomic E-state index is -4.60. The van der Waals surface area contributed by atoms with Crippen molar-refractivity contribution in [2.24, 2.45) is 0 Å². The smallest absolute Gasteiger partial charge is 0.351 e. The summed E-state index contributed by atoms with van der Waals surface area (Å²) in [6.07, 6.45) is -4.60. The number of nitrogens with zero attached hydrogens (tertiary/aromatic N) is 1. The zero-order valence-corrected chi connectivity index (χ0v) is 16.6. The first-order valence-electron chi connectivity index (χ1n) is 9.34. The zero-order chi connectivity index (χ0) is 22.3. The zero-order valence-electron chi connectivity index (χ0n) is 16.6. The molecule has 5 nitrogen and oxygen atoms in total. The molecule has 30 heavy (non-hydrogen) atoms. The Morgan fingerprint density at radius 2 is 1.70 bits per heavy atom. The van der Waals surface area contributed by atoms with Crippen LogP contribution in [0.5, 0.6) is 0 Å². The van der Waals surface area contributed by atoms with Crippen LogP contribution in [0.2, 0.25) is 0 Å². The number of benzene rings is 2. The highest BCUT2D eigenvalue weighted by atomic mass is 19.4. The lowest BCUT2D eigenvalue weighted by Crippen LogP contribution is -2.47. The number of para-hydroxylation sites is 1. The van der Waals surface area contributed by atoms with Crippen molar-refractivity contribution in [1.29, 1.82) is 0 Å². The summed E-state index contributed by atoms with van der Waals surface area (Å²) >= 11 is 0. The van der Waals surface area contributed by atoms with Gasteiger partial charge < -0.3 is 10.6 Å². The predicted molar refractivity (Wildman–Crippen MR) is 105 cm³/mol. The van der Waals surface area contributed by atoms with Crippen molar-refractivity contribution in [2.75, 3.05) is 18.4 Å². The van der Waals surface area contributed by atoms with Gasteiger partial charge in [0, 0.05) is 6.54 Å². The number of nitrogens with one attached hydrogen (secondary N) is 2. The predicted octanol–water partition coefficient (Wildman–Crippen LogP) is 3.81.